The maximum atomic E-state index is 13.1. The Morgan fingerprint density at radius 1 is 0.913 bits per heavy atom. The van der Waals surface area contributed by atoms with Crippen molar-refractivity contribution in [2.24, 2.45) is 0 Å². The molecule has 0 saturated carbocycles. The second kappa shape index (κ2) is 18.2. The van der Waals surface area contributed by atoms with Crippen LogP contribution in [-0.2, 0) is 34.3 Å². The van der Waals surface area contributed by atoms with Gasteiger partial charge in [-0.15, -0.1) is 0 Å². The number of ether oxygens (including phenoxy) is 3. The molecule has 1 aliphatic rings. The zero-order valence-electron chi connectivity index (χ0n) is 27.4. The first-order valence-corrected chi connectivity index (χ1v) is 19.5. The Morgan fingerprint density at radius 3 is 2.15 bits per heavy atom. The van der Waals surface area contributed by atoms with E-state index < -0.39 is 37.7 Å². The Balaban J connectivity index is 1.67. The molecular weight excluding hydrogens is 633 g/mol. The summed E-state index contributed by atoms with van der Waals surface area (Å²) in [5.74, 6) is -0.0937. The monoisotopic (exact) mass is 682 g/mol. The molecule has 1 aromatic carbocycles. The van der Waals surface area contributed by atoms with E-state index in [2.05, 4.69) is 14.4 Å². The van der Waals surface area contributed by atoms with Crippen molar-refractivity contribution in [1.82, 2.24) is 19.3 Å². The number of benzene rings is 1. The van der Waals surface area contributed by atoms with Crippen molar-refractivity contribution in [3.05, 3.63) is 65.5 Å². The minimum atomic E-state index is -3.52. The van der Waals surface area contributed by atoms with Crippen LogP contribution < -0.4 is 9.44 Å². The molecule has 258 valence electrons. The number of pyridine rings is 1. The minimum absolute atomic E-state index is 0.0937. The lowest BCUT2D eigenvalue weighted by molar-refractivity contribution is -0.0486. The summed E-state index contributed by atoms with van der Waals surface area (Å²) in [7, 11) is -3.62. The van der Waals surface area contributed by atoms with E-state index in [4.69, 9.17) is 14.2 Å². The Bertz CT molecular complexity index is 1440. The van der Waals surface area contributed by atoms with Gasteiger partial charge < -0.3 is 19.1 Å². The Hall–Kier alpha value is -2.46. The highest BCUT2D eigenvalue weighted by Gasteiger charge is 2.30. The molecule has 12 nitrogen and oxygen atoms in total. The molecule has 1 amide bonds. The topological polar surface area (TPSA) is 153 Å². The van der Waals surface area contributed by atoms with E-state index in [1.807, 2.05) is 12.1 Å². The number of nitrogens with zero attached hydrogens (tertiary/aromatic N) is 2. The van der Waals surface area contributed by atoms with Gasteiger partial charge in [0.25, 0.3) is 5.91 Å². The number of rotatable bonds is 20. The summed E-state index contributed by atoms with van der Waals surface area (Å²) < 4.78 is 71.2. The summed E-state index contributed by atoms with van der Waals surface area (Å²) in [5, 5.41) is 0. The Labute approximate surface area is 274 Å². The highest BCUT2D eigenvalue weighted by atomic mass is 32.2. The lowest BCUT2D eigenvalue weighted by atomic mass is 9.86. The van der Waals surface area contributed by atoms with Gasteiger partial charge >= 0.3 is 0 Å². The molecular formula is C32H50N4O8S2. The van der Waals surface area contributed by atoms with Crippen LogP contribution in [0.15, 0.2) is 48.8 Å². The van der Waals surface area contributed by atoms with Crippen LogP contribution in [0.4, 0.5) is 0 Å². The summed E-state index contributed by atoms with van der Waals surface area (Å²) in [6.07, 6.45) is 10.9. The molecule has 2 heterocycles. The van der Waals surface area contributed by atoms with E-state index in [0.29, 0.717) is 83.4 Å². The van der Waals surface area contributed by atoms with Gasteiger partial charge in [0, 0.05) is 64.0 Å². The molecule has 3 rings (SSSR count). The number of carbonyl (C=O) groups is 1. The van der Waals surface area contributed by atoms with Crippen LogP contribution in [-0.4, -0.2) is 97.9 Å². The van der Waals surface area contributed by atoms with Gasteiger partial charge in [-0.25, -0.2) is 26.3 Å². The first kappa shape index (κ1) is 38.0. The summed E-state index contributed by atoms with van der Waals surface area (Å²) in [6, 6.07) is 9.92. The van der Waals surface area contributed by atoms with Crippen LogP contribution in [0.3, 0.4) is 0 Å². The van der Waals surface area contributed by atoms with Crippen LogP contribution in [0, 0.1) is 0 Å². The molecule has 3 unspecified atom stereocenters. The fourth-order valence-corrected chi connectivity index (χ4v) is 7.46. The molecule has 14 heteroatoms. The highest BCUT2D eigenvalue weighted by Crippen LogP contribution is 2.32. The normalized spacial score (nSPS) is 16.9. The van der Waals surface area contributed by atoms with Crippen molar-refractivity contribution >= 4 is 26.0 Å². The molecule has 1 aromatic heterocycles. The van der Waals surface area contributed by atoms with E-state index in [9.17, 15) is 21.6 Å². The van der Waals surface area contributed by atoms with E-state index in [-0.39, 0.29) is 5.91 Å². The van der Waals surface area contributed by atoms with E-state index >= 15 is 0 Å². The second-order valence-corrected chi connectivity index (χ2v) is 15.5. The van der Waals surface area contributed by atoms with Gasteiger partial charge in [0.2, 0.25) is 20.0 Å². The standard InChI is InChI=1S/C32H50N4O8S2/c1-42-21-17-32(43-2,16-8-14-30(35-46(4,40)41)28-12-9-18-33-25-28)15-6-5-13-29(34-45(3,38)39)26-10-7-11-27(24-26)31(37)36-19-22-44-23-20-36/h7,9-12,18,24-25,29-30,34-35H,5-6,8,13-17,19-23H2,1-4H3. The third-order valence-electron chi connectivity index (χ3n) is 8.33. The number of morpholine rings is 1. The Kier molecular flexibility index (Phi) is 15.0. The van der Waals surface area contributed by atoms with Crippen LogP contribution in [0.5, 0.6) is 0 Å². The van der Waals surface area contributed by atoms with Crippen molar-refractivity contribution < 1.29 is 35.8 Å². The third kappa shape index (κ3) is 13.0. The lowest BCUT2D eigenvalue weighted by Gasteiger charge is -2.33. The molecule has 0 radical (unpaired) electrons. The largest absolute Gasteiger partial charge is 0.385 e. The molecule has 2 N–H and O–H groups in total. The van der Waals surface area contributed by atoms with Crippen LogP contribution in [0.1, 0.15) is 84.9 Å². The molecule has 0 aliphatic carbocycles. The van der Waals surface area contributed by atoms with Crippen molar-refractivity contribution in [1.29, 1.82) is 0 Å². The average Bonchev–Trinajstić information content (AvgIpc) is 3.03. The molecule has 0 spiro atoms. The number of hydrogen-bond donors (Lipinski definition) is 2. The molecule has 46 heavy (non-hydrogen) atoms. The van der Waals surface area contributed by atoms with Crippen LogP contribution in [0.25, 0.3) is 0 Å². The third-order valence-corrected chi connectivity index (χ3v) is 9.75. The van der Waals surface area contributed by atoms with Gasteiger partial charge in [-0.3, -0.25) is 9.78 Å². The van der Waals surface area contributed by atoms with Crippen molar-refractivity contribution in [2.75, 3.05) is 59.6 Å². The van der Waals surface area contributed by atoms with E-state index in [0.717, 1.165) is 30.1 Å². The molecule has 1 fully saturated rings. The highest BCUT2D eigenvalue weighted by molar-refractivity contribution is 7.89. The lowest BCUT2D eigenvalue weighted by Crippen LogP contribution is -2.40. The first-order chi connectivity index (χ1) is 21.8. The number of carbonyl (C=O) groups excluding carboxylic acids is 1. The van der Waals surface area contributed by atoms with Crippen molar-refractivity contribution in [2.45, 2.75) is 69.1 Å². The maximum Gasteiger partial charge on any atom is 0.254 e. The van der Waals surface area contributed by atoms with Gasteiger partial charge in [-0.05, 0) is 67.9 Å². The Morgan fingerprint density at radius 2 is 1.54 bits per heavy atom. The maximum absolute atomic E-state index is 13.1. The van der Waals surface area contributed by atoms with Gasteiger partial charge in [-0.1, -0.05) is 31.0 Å². The average molecular weight is 683 g/mol. The number of methoxy groups -OCH3 is 2. The number of aromatic nitrogens is 1. The summed E-state index contributed by atoms with van der Waals surface area (Å²) >= 11 is 0. The summed E-state index contributed by atoms with van der Waals surface area (Å²) in [6.45, 7) is 2.55. The molecule has 2 aromatic rings. The van der Waals surface area contributed by atoms with Crippen molar-refractivity contribution in [3.63, 3.8) is 0 Å². The van der Waals surface area contributed by atoms with Gasteiger partial charge in [0.15, 0.2) is 0 Å². The van der Waals surface area contributed by atoms with E-state index in [1.54, 1.807) is 55.8 Å². The summed E-state index contributed by atoms with van der Waals surface area (Å²) in [4.78, 5) is 19.0. The molecule has 1 aliphatic heterocycles. The number of unbranched alkanes of at least 4 members (excludes halogenated alkanes) is 1. The summed E-state index contributed by atoms with van der Waals surface area (Å²) in [5.41, 5.74) is 1.56. The first-order valence-electron chi connectivity index (χ1n) is 15.7. The fourth-order valence-electron chi connectivity index (χ4n) is 5.92. The predicted octanol–water partition coefficient (Wildman–Crippen LogP) is 3.59. The van der Waals surface area contributed by atoms with Crippen LogP contribution in [0.2, 0.25) is 0 Å². The minimum Gasteiger partial charge on any atom is -0.385 e. The zero-order valence-corrected chi connectivity index (χ0v) is 29.1. The number of nitrogens with one attached hydrogen (secondary N) is 2. The van der Waals surface area contributed by atoms with Gasteiger partial charge in [0.1, 0.15) is 0 Å². The van der Waals surface area contributed by atoms with Crippen LogP contribution >= 0.6 is 0 Å². The molecule has 3 atom stereocenters. The number of amides is 1. The quantitative estimate of drug-likeness (QED) is 0.200. The predicted molar refractivity (Wildman–Crippen MR) is 177 cm³/mol. The van der Waals surface area contributed by atoms with Crippen molar-refractivity contribution in [3.8, 4) is 0 Å². The number of hydrogen-bond acceptors (Lipinski definition) is 9. The van der Waals surface area contributed by atoms with E-state index in [1.165, 1.54) is 0 Å². The smallest absolute Gasteiger partial charge is 0.254 e. The number of sulfonamides is 2. The van der Waals surface area contributed by atoms with Gasteiger partial charge in [-0.2, -0.15) is 0 Å². The zero-order chi connectivity index (χ0) is 33.6. The second-order valence-electron chi connectivity index (χ2n) is 12.0. The molecule has 1 saturated heterocycles. The van der Waals surface area contributed by atoms with Gasteiger partial charge in [0.05, 0.1) is 31.3 Å². The SMILES string of the molecule is COCCC(CCCCC(NS(C)(=O)=O)c1cccc(C(=O)N2CCOCC2)c1)(CCCC(NS(C)(=O)=O)c1cccnc1)OC. The molecule has 0 bridgehead atoms. The fraction of sp³-hybridized carbons (Fsp3) is 0.625.